The topological polar surface area (TPSA) is 51.7 Å². The van der Waals surface area contributed by atoms with Crippen LogP contribution in [-0.2, 0) is 4.79 Å². The molecule has 4 rings (SSSR count). The van der Waals surface area contributed by atoms with Crippen molar-refractivity contribution in [3.63, 3.8) is 0 Å². The van der Waals surface area contributed by atoms with Crippen LogP contribution >= 0.6 is 22.9 Å². The number of benzene rings is 2. The molecule has 1 atom stereocenters. The Kier molecular flexibility index (Phi) is 4.23. The number of fused-ring (bicyclic) bond motifs is 2. The van der Waals surface area contributed by atoms with E-state index in [2.05, 4.69) is 4.98 Å². The molecule has 0 radical (unpaired) electrons. The summed E-state index contributed by atoms with van der Waals surface area (Å²) in [7, 11) is 0. The molecule has 0 bridgehead atoms. The number of aromatic nitrogens is 1. The molecule has 1 amide bonds. The van der Waals surface area contributed by atoms with Gasteiger partial charge in [-0.15, -0.1) is 0 Å². The average molecular weight is 375 g/mol. The summed E-state index contributed by atoms with van der Waals surface area (Å²) in [5.74, 6) is 1.07. The molecular weight excluding hydrogens is 360 g/mol. The lowest BCUT2D eigenvalue weighted by molar-refractivity contribution is -0.127. The van der Waals surface area contributed by atoms with Crippen molar-refractivity contribution in [1.29, 1.82) is 0 Å². The number of hydrogen-bond acceptors (Lipinski definition) is 5. The van der Waals surface area contributed by atoms with Gasteiger partial charge in [0.2, 0.25) is 6.10 Å². The summed E-state index contributed by atoms with van der Waals surface area (Å²) in [5, 5.41) is 1.26. The maximum Gasteiger partial charge on any atom is 0.273 e. The minimum Gasteiger partial charge on any atom is -0.485 e. The van der Waals surface area contributed by atoms with Gasteiger partial charge in [-0.05, 0) is 37.3 Å². The standard InChI is InChI=1S/C18H15ClN2O3S/c1-2-21(18-20-12-9-11(19)7-8-16(12)25-18)17(22)15-10-23-13-5-3-4-6-14(13)24-15/h3-9,15H,2,10H2,1H3/t15-/m0/s1. The Balaban J connectivity index is 1.61. The monoisotopic (exact) mass is 374 g/mol. The van der Waals surface area contributed by atoms with E-state index >= 15 is 0 Å². The van der Waals surface area contributed by atoms with E-state index in [9.17, 15) is 4.79 Å². The predicted octanol–water partition coefficient (Wildman–Crippen LogP) is 4.14. The number of ether oxygens (including phenoxy) is 2. The highest BCUT2D eigenvalue weighted by Crippen LogP contribution is 2.34. The van der Waals surface area contributed by atoms with Gasteiger partial charge in [0.15, 0.2) is 16.6 Å². The molecule has 1 aromatic heterocycles. The highest BCUT2D eigenvalue weighted by molar-refractivity contribution is 7.22. The summed E-state index contributed by atoms with van der Waals surface area (Å²) in [6.07, 6.45) is -0.689. The van der Waals surface area contributed by atoms with E-state index in [-0.39, 0.29) is 12.5 Å². The van der Waals surface area contributed by atoms with Gasteiger partial charge in [-0.2, -0.15) is 0 Å². The third-order valence-corrected chi connectivity index (χ3v) is 5.23. The number of carbonyl (C=O) groups is 1. The van der Waals surface area contributed by atoms with E-state index in [4.69, 9.17) is 21.1 Å². The molecule has 3 aromatic rings. The van der Waals surface area contributed by atoms with Crippen LogP contribution in [0.25, 0.3) is 10.2 Å². The second-order valence-electron chi connectivity index (χ2n) is 5.56. The van der Waals surface area contributed by atoms with Crippen LogP contribution in [0.2, 0.25) is 5.02 Å². The fourth-order valence-corrected chi connectivity index (χ4v) is 3.89. The van der Waals surface area contributed by atoms with Crippen LogP contribution in [0.15, 0.2) is 42.5 Å². The van der Waals surface area contributed by atoms with Crippen molar-refractivity contribution in [2.75, 3.05) is 18.1 Å². The van der Waals surface area contributed by atoms with Crippen LogP contribution < -0.4 is 14.4 Å². The van der Waals surface area contributed by atoms with Gasteiger partial charge in [-0.25, -0.2) is 4.98 Å². The van der Waals surface area contributed by atoms with Crippen molar-refractivity contribution in [3.05, 3.63) is 47.5 Å². The maximum atomic E-state index is 12.9. The van der Waals surface area contributed by atoms with Crippen molar-refractivity contribution < 1.29 is 14.3 Å². The highest BCUT2D eigenvalue weighted by atomic mass is 35.5. The zero-order valence-corrected chi connectivity index (χ0v) is 15.0. The fraction of sp³-hybridized carbons (Fsp3) is 0.222. The number of thiazole rings is 1. The third-order valence-electron chi connectivity index (χ3n) is 3.94. The fourth-order valence-electron chi connectivity index (χ4n) is 2.70. The molecule has 0 saturated carbocycles. The number of likely N-dealkylation sites (N-methyl/N-ethyl adjacent to an activating group) is 1. The Hall–Kier alpha value is -2.31. The molecule has 0 fully saturated rings. The lowest BCUT2D eigenvalue weighted by Gasteiger charge is -2.29. The summed E-state index contributed by atoms with van der Waals surface area (Å²) < 4.78 is 12.5. The Bertz CT molecular complexity index is 943. The molecule has 0 saturated heterocycles. The predicted molar refractivity (Wildman–Crippen MR) is 99.0 cm³/mol. The Labute approximate surface area is 153 Å². The molecule has 0 N–H and O–H groups in total. The summed E-state index contributed by atoms with van der Waals surface area (Å²) >= 11 is 7.48. The van der Waals surface area contributed by atoms with Crippen molar-refractivity contribution in [3.8, 4) is 11.5 Å². The summed E-state index contributed by atoms with van der Waals surface area (Å²) in [5.41, 5.74) is 0.782. The van der Waals surface area contributed by atoms with Crippen LogP contribution in [0.3, 0.4) is 0 Å². The van der Waals surface area contributed by atoms with Gasteiger partial charge in [-0.1, -0.05) is 35.1 Å². The molecule has 7 heteroatoms. The number of nitrogens with zero attached hydrogens (tertiary/aromatic N) is 2. The van der Waals surface area contributed by atoms with Crippen LogP contribution in [0.4, 0.5) is 5.13 Å². The molecule has 25 heavy (non-hydrogen) atoms. The summed E-state index contributed by atoms with van der Waals surface area (Å²) in [4.78, 5) is 19.1. The largest absolute Gasteiger partial charge is 0.485 e. The number of rotatable bonds is 3. The number of halogens is 1. The van der Waals surface area contributed by atoms with Gasteiger partial charge in [0.25, 0.3) is 5.91 Å². The highest BCUT2D eigenvalue weighted by Gasteiger charge is 2.32. The zero-order valence-electron chi connectivity index (χ0n) is 13.4. The molecule has 5 nitrogen and oxygen atoms in total. The van der Waals surface area contributed by atoms with Crippen molar-refractivity contribution in [2.24, 2.45) is 0 Å². The van der Waals surface area contributed by atoms with Crippen molar-refractivity contribution in [2.45, 2.75) is 13.0 Å². The first kappa shape index (κ1) is 16.2. The van der Waals surface area contributed by atoms with Gasteiger partial charge in [0, 0.05) is 11.6 Å². The number of anilines is 1. The van der Waals surface area contributed by atoms with E-state index in [1.54, 1.807) is 17.0 Å². The van der Waals surface area contributed by atoms with E-state index in [0.717, 1.165) is 10.2 Å². The van der Waals surface area contributed by atoms with Gasteiger partial charge in [0.1, 0.15) is 6.61 Å². The molecule has 0 aliphatic carbocycles. The molecule has 1 aliphatic rings. The number of amides is 1. The number of carbonyl (C=O) groups excluding carboxylic acids is 1. The first-order valence-corrected chi connectivity index (χ1v) is 9.11. The van der Waals surface area contributed by atoms with Crippen molar-refractivity contribution in [1.82, 2.24) is 4.98 Å². The average Bonchev–Trinajstić information content (AvgIpc) is 3.04. The van der Waals surface area contributed by atoms with Crippen molar-refractivity contribution >= 4 is 44.2 Å². The van der Waals surface area contributed by atoms with Crippen LogP contribution in [-0.4, -0.2) is 30.1 Å². The minimum absolute atomic E-state index is 0.165. The summed E-state index contributed by atoms with van der Waals surface area (Å²) in [6, 6.07) is 12.9. The van der Waals surface area contributed by atoms with Crippen LogP contribution in [0.1, 0.15) is 6.92 Å². The maximum absolute atomic E-state index is 12.9. The summed E-state index contributed by atoms with van der Waals surface area (Å²) in [6.45, 7) is 2.59. The second kappa shape index (κ2) is 6.54. The second-order valence-corrected chi connectivity index (χ2v) is 7.00. The minimum atomic E-state index is -0.689. The molecule has 2 heterocycles. The lowest BCUT2D eigenvalue weighted by Crippen LogP contribution is -2.46. The quantitative estimate of drug-likeness (QED) is 0.691. The molecule has 2 aromatic carbocycles. The van der Waals surface area contributed by atoms with E-state index in [0.29, 0.717) is 28.2 Å². The molecule has 128 valence electrons. The third kappa shape index (κ3) is 3.03. The Morgan fingerprint density at radius 3 is 2.92 bits per heavy atom. The molecule has 0 spiro atoms. The van der Waals surface area contributed by atoms with E-state index in [1.807, 2.05) is 37.3 Å². The molecule has 1 aliphatic heterocycles. The van der Waals surface area contributed by atoms with Gasteiger partial charge >= 0.3 is 0 Å². The zero-order chi connectivity index (χ0) is 17.4. The normalized spacial score (nSPS) is 16.0. The van der Waals surface area contributed by atoms with Crippen LogP contribution in [0.5, 0.6) is 11.5 Å². The number of para-hydroxylation sites is 2. The van der Waals surface area contributed by atoms with Gasteiger partial charge < -0.3 is 9.47 Å². The molecular formula is C18H15ClN2O3S. The van der Waals surface area contributed by atoms with E-state index in [1.165, 1.54) is 11.3 Å². The Morgan fingerprint density at radius 1 is 1.32 bits per heavy atom. The van der Waals surface area contributed by atoms with Gasteiger partial charge in [0.05, 0.1) is 10.2 Å². The SMILES string of the molecule is CCN(C(=O)[C@@H]1COc2ccccc2O1)c1nc2cc(Cl)ccc2s1. The lowest BCUT2D eigenvalue weighted by atomic mass is 10.2. The first-order chi connectivity index (χ1) is 12.2. The smallest absolute Gasteiger partial charge is 0.273 e. The first-order valence-electron chi connectivity index (χ1n) is 7.91. The number of hydrogen-bond donors (Lipinski definition) is 0. The van der Waals surface area contributed by atoms with E-state index < -0.39 is 6.10 Å². The van der Waals surface area contributed by atoms with Gasteiger partial charge in [-0.3, -0.25) is 9.69 Å². The van der Waals surface area contributed by atoms with Crippen LogP contribution in [0, 0.1) is 0 Å². The Morgan fingerprint density at radius 2 is 2.12 bits per heavy atom. The molecule has 0 unspecified atom stereocenters.